The summed E-state index contributed by atoms with van der Waals surface area (Å²) < 4.78 is 14.3. The number of nitrogens with zero attached hydrogens (tertiary/aromatic N) is 3. The van der Waals surface area contributed by atoms with E-state index in [2.05, 4.69) is 5.10 Å². The van der Waals surface area contributed by atoms with Gasteiger partial charge in [0.05, 0.1) is 22.5 Å². The van der Waals surface area contributed by atoms with Crippen LogP contribution in [0.5, 0.6) is 0 Å². The van der Waals surface area contributed by atoms with Crippen LogP contribution in [0.2, 0.25) is 5.02 Å². The van der Waals surface area contributed by atoms with Gasteiger partial charge in [-0.1, -0.05) is 11.6 Å². The number of halogens is 2. The lowest BCUT2D eigenvalue weighted by molar-refractivity contribution is 0.627. The molecule has 0 saturated heterocycles. The van der Waals surface area contributed by atoms with Crippen LogP contribution >= 0.6 is 11.6 Å². The molecule has 0 N–H and O–H groups in total. The molecule has 0 bridgehead atoms. The van der Waals surface area contributed by atoms with E-state index in [0.717, 1.165) is 0 Å². The van der Waals surface area contributed by atoms with E-state index in [9.17, 15) is 4.39 Å². The summed E-state index contributed by atoms with van der Waals surface area (Å²) in [6, 6.07) is 6.19. The second-order valence-corrected chi connectivity index (χ2v) is 3.29. The summed E-state index contributed by atoms with van der Waals surface area (Å²) in [7, 11) is 0. The number of hydrogen-bond donors (Lipinski definition) is 0. The van der Waals surface area contributed by atoms with E-state index < -0.39 is 5.82 Å². The lowest BCUT2D eigenvalue weighted by atomic mass is 10.3. The second kappa shape index (κ2) is 3.71. The zero-order valence-corrected chi connectivity index (χ0v) is 8.24. The molecule has 1 heterocycles. The summed E-state index contributed by atoms with van der Waals surface area (Å²) in [6.45, 7) is 0. The molecule has 0 unspecified atom stereocenters. The third-order valence-corrected chi connectivity index (χ3v) is 2.17. The van der Waals surface area contributed by atoms with E-state index in [0.29, 0.717) is 11.3 Å². The molecule has 2 rings (SSSR count). The van der Waals surface area contributed by atoms with Gasteiger partial charge >= 0.3 is 0 Å². The van der Waals surface area contributed by atoms with Crippen molar-refractivity contribution in [2.24, 2.45) is 0 Å². The molecule has 0 spiro atoms. The van der Waals surface area contributed by atoms with Crippen LogP contribution in [0, 0.1) is 17.1 Å². The molecule has 3 nitrogen and oxygen atoms in total. The average molecular weight is 222 g/mol. The summed E-state index contributed by atoms with van der Waals surface area (Å²) in [5.41, 5.74) is 1.05. The first-order valence-corrected chi connectivity index (χ1v) is 4.48. The number of benzene rings is 1. The zero-order chi connectivity index (χ0) is 10.8. The Morgan fingerprint density at radius 1 is 1.47 bits per heavy atom. The first-order valence-electron chi connectivity index (χ1n) is 4.11. The fourth-order valence-electron chi connectivity index (χ4n) is 1.15. The Kier molecular flexibility index (Phi) is 2.40. The van der Waals surface area contributed by atoms with Gasteiger partial charge in [-0.2, -0.15) is 10.4 Å². The van der Waals surface area contributed by atoms with Crippen LogP contribution in [0.3, 0.4) is 0 Å². The van der Waals surface area contributed by atoms with Crippen molar-refractivity contribution in [3.05, 3.63) is 47.0 Å². The van der Waals surface area contributed by atoms with Crippen LogP contribution in [0.15, 0.2) is 30.6 Å². The summed E-state index contributed by atoms with van der Waals surface area (Å²) in [5.74, 6) is -0.479. The molecular weight excluding hydrogens is 217 g/mol. The summed E-state index contributed by atoms with van der Waals surface area (Å²) >= 11 is 5.62. The highest BCUT2D eigenvalue weighted by Gasteiger charge is 2.04. The minimum atomic E-state index is -0.479. The molecule has 0 aliphatic carbocycles. The first-order chi connectivity index (χ1) is 7.20. The highest BCUT2D eigenvalue weighted by molar-refractivity contribution is 6.30. The predicted octanol–water partition coefficient (Wildman–Crippen LogP) is 2.54. The monoisotopic (exact) mass is 221 g/mol. The van der Waals surface area contributed by atoms with Gasteiger partial charge < -0.3 is 0 Å². The SMILES string of the molecule is N#Cc1cnn(-c2ccc(F)c(Cl)c2)c1. The Hall–Kier alpha value is -1.86. The molecular formula is C10H5ClFN3. The van der Waals surface area contributed by atoms with E-state index in [1.807, 2.05) is 6.07 Å². The van der Waals surface area contributed by atoms with Gasteiger partial charge in [-0.25, -0.2) is 9.07 Å². The predicted molar refractivity (Wildman–Crippen MR) is 53.2 cm³/mol. The van der Waals surface area contributed by atoms with Crippen molar-refractivity contribution in [2.45, 2.75) is 0 Å². The fourth-order valence-corrected chi connectivity index (χ4v) is 1.32. The quantitative estimate of drug-likeness (QED) is 0.743. The molecule has 0 amide bonds. The minimum absolute atomic E-state index is 0.0292. The molecule has 0 saturated carbocycles. The molecule has 0 atom stereocenters. The molecule has 0 aliphatic rings. The highest BCUT2D eigenvalue weighted by atomic mass is 35.5. The Morgan fingerprint density at radius 3 is 2.87 bits per heavy atom. The van der Waals surface area contributed by atoms with Crippen LogP contribution in [-0.4, -0.2) is 9.78 Å². The highest BCUT2D eigenvalue weighted by Crippen LogP contribution is 2.18. The lowest BCUT2D eigenvalue weighted by Crippen LogP contribution is -1.94. The van der Waals surface area contributed by atoms with Crippen molar-refractivity contribution in [1.82, 2.24) is 9.78 Å². The van der Waals surface area contributed by atoms with Crippen molar-refractivity contribution in [2.75, 3.05) is 0 Å². The van der Waals surface area contributed by atoms with Crippen LogP contribution < -0.4 is 0 Å². The number of aromatic nitrogens is 2. The van der Waals surface area contributed by atoms with Gasteiger partial charge in [-0.15, -0.1) is 0 Å². The molecule has 0 fully saturated rings. The average Bonchev–Trinajstić information content (AvgIpc) is 2.70. The molecule has 1 aromatic carbocycles. The van der Waals surface area contributed by atoms with E-state index in [4.69, 9.17) is 16.9 Å². The topological polar surface area (TPSA) is 41.6 Å². The number of rotatable bonds is 1. The van der Waals surface area contributed by atoms with Crippen LogP contribution in [0.1, 0.15) is 5.56 Å². The third kappa shape index (κ3) is 1.83. The van der Waals surface area contributed by atoms with Crippen LogP contribution in [0.4, 0.5) is 4.39 Å². The zero-order valence-electron chi connectivity index (χ0n) is 7.48. The molecule has 1 aromatic heterocycles. The standard InChI is InChI=1S/C10H5ClFN3/c11-9-3-8(1-2-10(9)12)15-6-7(4-13)5-14-15/h1-3,5-6H. The number of hydrogen-bond acceptors (Lipinski definition) is 2. The van der Waals surface area contributed by atoms with Crippen LogP contribution in [0.25, 0.3) is 5.69 Å². The Bertz CT molecular complexity index is 542. The Balaban J connectivity index is 2.46. The fraction of sp³-hybridized carbons (Fsp3) is 0. The smallest absolute Gasteiger partial charge is 0.141 e. The maximum Gasteiger partial charge on any atom is 0.141 e. The van der Waals surface area contributed by atoms with Crippen molar-refractivity contribution >= 4 is 11.6 Å². The van der Waals surface area contributed by atoms with E-state index in [1.165, 1.54) is 29.1 Å². The van der Waals surface area contributed by atoms with Crippen molar-refractivity contribution < 1.29 is 4.39 Å². The van der Waals surface area contributed by atoms with Crippen molar-refractivity contribution in [1.29, 1.82) is 5.26 Å². The van der Waals surface area contributed by atoms with Crippen molar-refractivity contribution in [3.8, 4) is 11.8 Å². The van der Waals surface area contributed by atoms with Gasteiger partial charge in [0.15, 0.2) is 0 Å². The van der Waals surface area contributed by atoms with E-state index >= 15 is 0 Å². The molecule has 74 valence electrons. The van der Waals surface area contributed by atoms with E-state index in [1.54, 1.807) is 6.20 Å². The summed E-state index contributed by atoms with van der Waals surface area (Å²) in [4.78, 5) is 0. The normalized spacial score (nSPS) is 9.93. The molecule has 0 aliphatic heterocycles. The number of nitriles is 1. The van der Waals surface area contributed by atoms with Gasteiger partial charge in [0, 0.05) is 6.20 Å². The first kappa shape index (κ1) is 9.69. The maximum absolute atomic E-state index is 12.9. The van der Waals surface area contributed by atoms with E-state index in [-0.39, 0.29) is 5.02 Å². The maximum atomic E-state index is 12.9. The van der Waals surface area contributed by atoms with Crippen LogP contribution in [-0.2, 0) is 0 Å². The molecule has 5 heteroatoms. The molecule has 2 aromatic rings. The lowest BCUT2D eigenvalue weighted by Gasteiger charge is -2.01. The van der Waals surface area contributed by atoms with Crippen molar-refractivity contribution in [3.63, 3.8) is 0 Å². The molecule has 15 heavy (non-hydrogen) atoms. The van der Waals surface area contributed by atoms with Gasteiger partial charge in [0.2, 0.25) is 0 Å². The minimum Gasteiger partial charge on any atom is -0.240 e. The summed E-state index contributed by atoms with van der Waals surface area (Å²) in [6.07, 6.45) is 2.97. The van der Waals surface area contributed by atoms with Gasteiger partial charge in [0.25, 0.3) is 0 Å². The largest absolute Gasteiger partial charge is 0.240 e. The molecule has 0 radical (unpaired) electrons. The van der Waals surface area contributed by atoms with Gasteiger partial charge in [-0.05, 0) is 18.2 Å². The second-order valence-electron chi connectivity index (χ2n) is 2.88. The Morgan fingerprint density at radius 2 is 2.27 bits per heavy atom. The third-order valence-electron chi connectivity index (χ3n) is 1.88. The van der Waals surface area contributed by atoms with Gasteiger partial charge in [-0.3, -0.25) is 0 Å². The Labute approximate surface area is 90.3 Å². The summed E-state index contributed by atoms with van der Waals surface area (Å²) in [5, 5.41) is 12.6. The van der Waals surface area contributed by atoms with Gasteiger partial charge in [0.1, 0.15) is 11.9 Å².